The minimum absolute atomic E-state index is 0.583. The third-order valence-electron chi connectivity index (χ3n) is 2.05. The number of hydrogen-bond donors (Lipinski definition) is 1. The van der Waals surface area contributed by atoms with E-state index in [1.165, 1.54) is 24.3 Å². The summed E-state index contributed by atoms with van der Waals surface area (Å²) in [7, 11) is 0. The minimum Gasteiger partial charge on any atom is -0.330 e. The van der Waals surface area contributed by atoms with Crippen molar-refractivity contribution < 1.29 is 0 Å². The second kappa shape index (κ2) is 2.93. The maximum Gasteiger partial charge on any atom is -0.00127 e. The summed E-state index contributed by atoms with van der Waals surface area (Å²) in [6.45, 7) is 3.21. The first-order valence-electron chi connectivity index (χ1n) is 3.55. The molecule has 1 heterocycles. The van der Waals surface area contributed by atoms with Gasteiger partial charge in [-0.05, 0) is 36.3 Å². The SMILES string of the molecule is CC1(CCN)CCSC1. The van der Waals surface area contributed by atoms with Gasteiger partial charge in [0.2, 0.25) is 0 Å². The molecule has 1 saturated heterocycles. The fraction of sp³-hybridized carbons (Fsp3) is 1.00. The van der Waals surface area contributed by atoms with E-state index < -0.39 is 0 Å². The van der Waals surface area contributed by atoms with E-state index >= 15 is 0 Å². The van der Waals surface area contributed by atoms with E-state index in [4.69, 9.17) is 5.73 Å². The van der Waals surface area contributed by atoms with Gasteiger partial charge in [-0.25, -0.2) is 0 Å². The van der Waals surface area contributed by atoms with Crippen molar-refractivity contribution in [1.82, 2.24) is 0 Å². The summed E-state index contributed by atoms with van der Waals surface area (Å²) in [6.07, 6.45) is 2.58. The van der Waals surface area contributed by atoms with Gasteiger partial charge in [-0.2, -0.15) is 11.8 Å². The van der Waals surface area contributed by atoms with Crippen LogP contribution in [-0.4, -0.2) is 18.1 Å². The number of thioether (sulfide) groups is 1. The standard InChI is InChI=1S/C7H15NS/c1-7(2-4-8)3-5-9-6-7/h2-6,8H2,1H3. The van der Waals surface area contributed by atoms with Crippen molar-refractivity contribution in [3.8, 4) is 0 Å². The molecule has 0 amide bonds. The van der Waals surface area contributed by atoms with E-state index in [9.17, 15) is 0 Å². The van der Waals surface area contributed by atoms with Crippen molar-refractivity contribution >= 4 is 11.8 Å². The van der Waals surface area contributed by atoms with Crippen LogP contribution in [0.1, 0.15) is 19.8 Å². The van der Waals surface area contributed by atoms with Crippen molar-refractivity contribution in [2.45, 2.75) is 19.8 Å². The van der Waals surface area contributed by atoms with Gasteiger partial charge in [0.05, 0.1) is 0 Å². The highest BCUT2D eigenvalue weighted by Gasteiger charge is 2.27. The summed E-state index contributed by atoms with van der Waals surface area (Å²) in [5, 5.41) is 0. The third-order valence-corrected chi connectivity index (χ3v) is 3.44. The zero-order chi connectivity index (χ0) is 6.74. The van der Waals surface area contributed by atoms with E-state index in [0.717, 1.165) is 6.54 Å². The predicted octanol–water partition coefficient (Wildman–Crippen LogP) is 1.48. The fourth-order valence-electron chi connectivity index (χ4n) is 1.25. The Kier molecular flexibility index (Phi) is 2.42. The normalized spacial score (nSPS) is 35.3. The van der Waals surface area contributed by atoms with Gasteiger partial charge in [0, 0.05) is 0 Å². The van der Waals surface area contributed by atoms with Crippen LogP contribution in [0.4, 0.5) is 0 Å². The van der Waals surface area contributed by atoms with E-state index in [0.29, 0.717) is 5.41 Å². The predicted molar refractivity (Wildman–Crippen MR) is 43.7 cm³/mol. The van der Waals surface area contributed by atoms with E-state index in [-0.39, 0.29) is 0 Å². The van der Waals surface area contributed by atoms with Crippen LogP contribution in [0.25, 0.3) is 0 Å². The largest absolute Gasteiger partial charge is 0.330 e. The van der Waals surface area contributed by atoms with Gasteiger partial charge in [0.15, 0.2) is 0 Å². The molecule has 0 radical (unpaired) electrons. The Balaban J connectivity index is 2.32. The van der Waals surface area contributed by atoms with E-state index in [1.807, 2.05) is 0 Å². The van der Waals surface area contributed by atoms with Crippen LogP contribution in [0.2, 0.25) is 0 Å². The molecule has 0 aromatic carbocycles. The highest BCUT2D eigenvalue weighted by atomic mass is 32.2. The lowest BCUT2D eigenvalue weighted by Crippen LogP contribution is -2.19. The van der Waals surface area contributed by atoms with Crippen LogP contribution in [0.5, 0.6) is 0 Å². The van der Waals surface area contributed by atoms with Crippen LogP contribution < -0.4 is 5.73 Å². The summed E-state index contributed by atoms with van der Waals surface area (Å²) >= 11 is 2.07. The quantitative estimate of drug-likeness (QED) is 0.637. The molecule has 1 aliphatic heterocycles. The lowest BCUT2D eigenvalue weighted by molar-refractivity contribution is 0.353. The zero-order valence-corrected chi connectivity index (χ0v) is 6.84. The minimum atomic E-state index is 0.583. The monoisotopic (exact) mass is 145 g/mol. The maximum absolute atomic E-state index is 5.48. The van der Waals surface area contributed by atoms with Crippen LogP contribution >= 0.6 is 11.8 Å². The average Bonchev–Trinajstić information content (AvgIpc) is 2.16. The molecule has 0 aromatic heterocycles. The molecule has 1 atom stereocenters. The van der Waals surface area contributed by atoms with Crippen LogP contribution in [0.3, 0.4) is 0 Å². The van der Waals surface area contributed by atoms with Gasteiger partial charge in [-0.15, -0.1) is 0 Å². The summed E-state index contributed by atoms with van der Waals surface area (Å²) in [5.74, 6) is 2.67. The molecule has 1 rings (SSSR count). The van der Waals surface area contributed by atoms with Crippen LogP contribution in [-0.2, 0) is 0 Å². The summed E-state index contributed by atoms with van der Waals surface area (Å²) < 4.78 is 0. The van der Waals surface area contributed by atoms with E-state index in [2.05, 4.69) is 18.7 Å². The molecule has 0 aromatic rings. The molecular weight excluding hydrogens is 130 g/mol. The Morgan fingerprint density at radius 3 is 2.89 bits per heavy atom. The molecule has 0 spiro atoms. The number of hydrogen-bond acceptors (Lipinski definition) is 2. The van der Waals surface area contributed by atoms with Gasteiger partial charge >= 0.3 is 0 Å². The van der Waals surface area contributed by atoms with Crippen LogP contribution in [0.15, 0.2) is 0 Å². The van der Waals surface area contributed by atoms with Crippen LogP contribution in [0, 0.1) is 5.41 Å². The summed E-state index contributed by atoms with van der Waals surface area (Å²) in [5.41, 5.74) is 6.07. The average molecular weight is 145 g/mol. The fourth-order valence-corrected chi connectivity index (χ4v) is 2.82. The van der Waals surface area contributed by atoms with Crippen molar-refractivity contribution in [3.05, 3.63) is 0 Å². The van der Waals surface area contributed by atoms with Gasteiger partial charge in [0.25, 0.3) is 0 Å². The molecule has 54 valence electrons. The lowest BCUT2D eigenvalue weighted by atomic mass is 9.87. The molecule has 2 heteroatoms. The first-order chi connectivity index (χ1) is 4.27. The van der Waals surface area contributed by atoms with Gasteiger partial charge < -0.3 is 5.73 Å². The first-order valence-corrected chi connectivity index (χ1v) is 4.70. The van der Waals surface area contributed by atoms with Gasteiger partial charge in [-0.3, -0.25) is 0 Å². The maximum atomic E-state index is 5.48. The third kappa shape index (κ3) is 1.87. The first kappa shape index (κ1) is 7.42. The number of rotatable bonds is 2. The molecule has 1 unspecified atom stereocenters. The lowest BCUT2D eigenvalue weighted by Gasteiger charge is -2.20. The van der Waals surface area contributed by atoms with Crippen molar-refractivity contribution in [2.75, 3.05) is 18.1 Å². The summed E-state index contributed by atoms with van der Waals surface area (Å²) in [6, 6.07) is 0. The Morgan fingerprint density at radius 1 is 1.67 bits per heavy atom. The van der Waals surface area contributed by atoms with Crippen molar-refractivity contribution in [2.24, 2.45) is 11.1 Å². The summed E-state index contributed by atoms with van der Waals surface area (Å²) in [4.78, 5) is 0. The Morgan fingerprint density at radius 2 is 2.44 bits per heavy atom. The molecule has 0 aliphatic carbocycles. The van der Waals surface area contributed by atoms with Crippen molar-refractivity contribution in [1.29, 1.82) is 0 Å². The molecule has 0 saturated carbocycles. The molecule has 9 heavy (non-hydrogen) atoms. The molecular formula is C7H15NS. The Hall–Kier alpha value is 0.310. The van der Waals surface area contributed by atoms with E-state index in [1.54, 1.807) is 0 Å². The second-order valence-corrected chi connectivity index (χ2v) is 4.26. The highest BCUT2D eigenvalue weighted by molar-refractivity contribution is 7.99. The second-order valence-electron chi connectivity index (χ2n) is 3.15. The van der Waals surface area contributed by atoms with Crippen molar-refractivity contribution in [3.63, 3.8) is 0 Å². The topological polar surface area (TPSA) is 26.0 Å². The number of nitrogens with two attached hydrogens (primary N) is 1. The Labute approximate surface area is 61.4 Å². The zero-order valence-electron chi connectivity index (χ0n) is 6.02. The Bertz CT molecular complexity index is 86.9. The van der Waals surface area contributed by atoms with Gasteiger partial charge in [0.1, 0.15) is 0 Å². The molecule has 0 bridgehead atoms. The molecule has 1 aliphatic rings. The smallest absolute Gasteiger partial charge is 0.00127 e. The highest BCUT2D eigenvalue weighted by Crippen LogP contribution is 2.37. The van der Waals surface area contributed by atoms with Gasteiger partial charge in [-0.1, -0.05) is 6.92 Å². The molecule has 1 fully saturated rings. The molecule has 1 nitrogen and oxygen atoms in total. The molecule has 2 N–H and O–H groups in total.